The molecule has 0 saturated heterocycles. The maximum Gasteiger partial charge on any atom is 0.330 e. The maximum atomic E-state index is 10.6. The molecule has 0 unspecified atom stereocenters. The predicted octanol–water partition coefficient (Wildman–Crippen LogP) is 0.697. The topological polar surface area (TPSA) is 91.3 Å². The van der Waals surface area contributed by atoms with Gasteiger partial charge in [0.25, 0.3) is 0 Å². The normalized spacial score (nSPS) is 9.89. The largest absolute Gasteiger partial charge is 0.460 e. The SMILES string of the molecule is C=CC(=O)OCCOP(O)OCCOC(=O)C=C. The van der Waals surface area contributed by atoms with Gasteiger partial charge in [-0.15, -0.1) is 0 Å². The summed E-state index contributed by atoms with van der Waals surface area (Å²) < 4.78 is 18.8. The molecular formula is C10H15O7P. The highest BCUT2D eigenvalue weighted by molar-refractivity contribution is 7.40. The highest BCUT2D eigenvalue weighted by Gasteiger charge is 2.07. The zero-order valence-electron chi connectivity index (χ0n) is 9.74. The molecule has 0 fully saturated rings. The molecule has 0 aromatic carbocycles. The fourth-order valence-electron chi connectivity index (χ4n) is 0.670. The second-order valence-electron chi connectivity index (χ2n) is 2.65. The fraction of sp³-hybridized carbons (Fsp3) is 0.400. The van der Waals surface area contributed by atoms with Crippen LogP contribution in [0.4, 0.5) is 0 Å². The number of carbonyl (C=O) groups is 2. The highest BCUT2D eigenvalue weighted by Crippen LogP contribution is 2.31. The molecule has 1 N–H and O–H groups in total. The van der Waals surface area contributed by atoms with Crippen molar-refractivity contribution in [2.24, 2.45) is 0 Å². The molecule has 8 heteroatoms. The Labute approximate surface area is 106 Å². The number of carbonyl (C=O) groups excluding carboxylic acids is 2. The molecule has 18 heavy (non-hydrogen) atoms. The zero-order chi connectivity index (χ0) is 13.8. The molecule has 0 spiro atoms. The molecule has 0 aliphatic carbocycles. The van der Waals surface area contributed by atoms with E-state index in [2.05, 4.69) is 22.6 Å². The van der Waals surface area contributed by atoms with Gasteiger partial charge in [0.1, 0.15) is 13.2 Å². The van der Waals surface area contributed by atoms with Gasteiger partial charge in [0.05, 0.1) is 13.2 Å². The van der Waals surface area contributed by atoms with Crippen LogP contribution in [0.3, 0.4) is 0 Å². The number of rotatable bonds is 10. The zero-order valence-corrected chi connectivity index (χ0v) is 10.6. The molecule has 0 aliphatic heterocycles. The number of ether oxygens (including phenoxy) is 2. The summed E-state index contributed by atoms with van der Waals surface area (Å²) in [5, 5.41) is 0. The lowest BCUT2D eigenvalue weighted by Crippen LogP contribution is -2.09. The summed E-state index contributed by atoms with van der Waals surface area (Å²) in [6, 6.07) is 0. The fourth-order valence-corrected chi connectivity index (χ4v) is 1.21. The maximum absolute atomic E-state index is 10.6. The van der Waals surface area contributed by atoms with Crippen LogP contribution in [0, 0.1) is 0 Å². The summed E-state index contributed by atoms with van der Waals surface area (Å²) in [4.78, 5) is 30.4. The van der Waals surface area contributed by atoms with Gasteiger partial charge in [0.2, 0.25) is 0 Å². The molecule has 0 aliphatic rings. The molecule has 0 amide bonds. The third-order valence-corrected chi connectivity index (χ3v) is 2.20. The van der Waals surface area contributed by atoms with E-state index in [1.807, 2.05) is 0 Å². The standard InChI is InChI=1S/C10H15O7P/c1-3-9(11)14-5-7-16-18(13)17-8-6-15-10(12)4-2/h3-4,13H,1-2,5-8H2. The van der Waals surface area contributed by atoms with E-state index in [0.717, 1.165) is 12.2 Å². The van der Waals surface area contributed by atoms with Gasteiger partial charge < -0.3 is 23.4 Å². The van der Waals surface area contributed by atoms with E-state index in [4.69, 9.17) is 9.05 Å². The minimum atomic E-state index is -2.09. The Balaban J connectivity index is 3.40. The predicted molar refractivity (Wildman–Crippen MR) is 63.4 cm³/mol. The summed E-state index contributed by atoms with van der Waals surface area (Å²) in [7, 11) is -2.09. The molecule has 102 valence electrons. The quantitative estimate of drug-likeness (QED) is 0.272. The molecule has 7 nitrogen and oxygen atoms in total. The van der Waals surface area contributed by atoms with Crippen LogP contribution in [0.5, 0.6) is 0 Å². The van der Waals surface area contributed by atoms with Crippen molar-refractivity contribution in [3.05, 3.63) is 25.3 Å². The first-order valence-corrected chi connectivity index (χ1v) is 6.06. The van der Waals surface area contributed by atoms with E-state index in [0.29, 0.717) is 0 Å². The lowest BCUT2D eigenvalue weighted by atomic mass is 10.6. The third-order valence-electron chi connectivity index (χ3n) is 1.39. The lowest BCUT2D eigenvalue weighted by Gasteiger charge is -2.10. The molecular weight excluding hydrogens is 263 g/mol. The summed E-state index contributed by atoms with van der Waals surface area (Å²) >= 11 is 0. The van der Waals surface area contributed by atoms with E-state index in [9.17, 15) is 14.5 Å². The van der Waals surface area contributed by atoms with Crippen molar-refractivity contribution in [1.29, 1.82) is 0 Å². The molecule has 0 bridgehead atoms. The van der Waals surface area contributed by atoms with Gasteiger partial charge in [-0.3, -0.25) is 0 Å². The van der Waals surface area contributed by atoms with E-state index in [1.165, 1.54) is 0 Å². The Morgan fingerprint density at radius 2 is 1.33 bits per heavy atom. The smallest absolute Gasteiger partial charge is 0.330 e. The summed E-state index contributed by atoms with van der Waals surface area (Å²) in [5.74, 6) is -1.14. The van der Waals surface area contributed by atoms with E-state index in [-0.39, 0.29) is 26.4 Å². The van der Waals surface area contributed by atoms with Gasteiger partial charge >= 0.3 is 20.5 Å². The minimum absolute atomic E-state index is 0.00573. The van der Waals surface area contributed by atoms with Crippen LogP contribution in [0.15, 0.2) is 25.3 Å². The summed E-state index contributed by atoms with van der Waals surface area (Å²) in [6.45, 7) is 6.38. The first-order valence-electron chi connectivity index (χ1n) is 4.93. The van der Waals surface area contributed by atoms with Crippen molar-refractivity contribution in [3.63, 3.8) is 0 Å². The second-order valence-corrected chi connectivity index (χ2v) is 3.64. The van der Waals surface area contributed by atoms with Gasteiger partial charge in [-0.25, -0.2) is 9.59 Å². The van der Waals surface area contributed by atoms with Crippen molar-refractivity contribution in [2.75, 3.05) is 26.4 Å². The van der Waals surface area contributed by atoms with Gasteiger partial charge in [-0.05, 0) is 0 Å². The van der Waals surface area contributed by atoms with Crippen LogP contribution in [-0.4, -0.2) is 43.3 Å². The molecule has 0 atom stereocenters. The average Bonchev–Trinajstić information content (AvgIpc) is 2.38. The summed E-state index contributed by atoms with van der Waals surface area (Å²) in [5.41, 5.74) is 0. The van der Waals surface area contributed by atoms with Crippen LogP contribution in [-0.2, 0) is 28.1 Å². The first kappa shape index (κ1) is 16.7. The van der Waals surface area contributed by atoms with Crippen molar-refractivity contribution < 1.29 is 33.0 Å². The number of esters is 2. The van der Waals surface area contributed by atoms with Crippen molar-refractivity contribution >= 4 is 20.5 Å². The Morgan fingerprint density at radius 3 is 1.67 bits per heavy atom. The van der Waals surface area contributed by atoms with Crippen LogP contribution in [0.1, 0.15) is 0 Å². The third kappa shape index (κ3) is 9.92. The molecule has 0 saturated carbocycles. The van der Waals surface area contributed by atoms with E-state index in [1.54, 1.807) is 0 Å². The first-order chi connectivity index (χ1) is 8.60. The Kier molecular flexibility index (Phi) is 10.1. The average molecular weight is 278 g/mol. The van der Waals surface area contributed by atoms with Gasteiger partial charge in [-0.2, -0.15) is 0 Å². The van der Waals surface area contributed by atoms with Crippen molar-refractivity contribution in [3.8, 4) is 0 Å². The van der Waals surface area contributed by atoms with Gasteiger partial charge in [0.15, 0.2) is 0 Å². The van der Waals surface area contributed by atoms with Crippen molar-refractivity contribution in [2.45, 2.75) is 0 Å². The van der Waals surface area contributed by atoms with E-state index < -0.39 is 20.5 Å². The molecule has 0 heterocycles. The molecule has 0 aromatic heterocycles. The summed E-state index contributed by atoms with van der Waals surface area (Å²) in [6.07, 6.45) is 2.04. The Morgan fingerprint density at radius 1 is 0.944 bits per heavy atom. The monoisotopic (exact) mass is 278 g/mol. The van der Waals surface area contributed by atoms with Crippen LogP contribution in [0.2, 0.25) is 0 Å². The Hall–Kier alpha value is -1.27. The van der Waals surface area contributed by atoms with Crippen LogP contribution in [0.25, 0.3) is 0 Å². The highest BCUT2D eigenvalue weighted by atomic mass is 31.2. The lowest BCUT2D eigenvalue weighted by molar-refractivity contribution is -0.139. The van der Waals surface area contributed by atoms with Crippen LogP contribution >= 0.6 is 8.60 Å². The van der Waals surface area contributed by atoms with E-state index >= 15 is 0 Å². The van der Waals surface area contributed by atoms with Gasteiger partial charge in [0, 0.05) is 12.2 Å². The second kappa shape index (κ2) is 10.9. The Bertz CT molecular complexity index is 264. The van der Waals surface area contributed by atoms with Crippen molar-refractivity contribution in [1.82, 2.24) is 0 Å². The molecule has 0 aromatic rings. The minimum Gasteiger partial charge on any atom is -0.460 e. The van der Waals surface area contributed by atoms with Crippen LogP contribution < -0.4 is 0 Å². The number of hydrogen-bond donors (Lipinski definition) is 1. The molecule has 0 rings (SSSR count). The number of hydrogen-bond acceptors (Lipinski definition) is 7. The van der Waals surface area contributed by atoms with Gasteiger partial charge in [-0.1, -0.05) is 13.2 Å². The molecule has 0 radical (unpaired) electrons.